The molecule has 4 saturated carbocycles. The summed E-state index contributed by atoms with van der Waals surface area (Å²) in [6, 6.07) is 0. The monoisotopic (exact) mass is 461 g/mol. The van der Waals surface area contributed by atoms with Crippen LogP contribution in [0.1, 0.15) is 92.4 Å². The van der Waals surface area contributed by atoms with Crippen LogP contribution in [-0.4, -0.2) is 32.7 Å². The van der Waals surface area contributed by atoms with Gasteiger partial charge in [0.2, 0.25) is 0 Å². The van der Waals surface area contributed by atoms with Gasteiger partial charge in [-0.2, -0.15) is 0 Å². The highest BCUT2D eigenvalue weighted by Gasteiger charge is 2.80. The Balaban J connectivity index is 1.66. The maximum Gasteiger partial charge on any atom is 0.191 e. The van der Waals surface area contributed by atoms with Gasteiger partial charge < -0.3 is 15.3 Å². The van der Waals surface area contributed by atoms with E-state index in [1.54, 1.807) is 0 Å². The van der Waals surface area contributed by atoms with Crippen molar-refractivity contribution in [1.82, 2.24) is 0 Å². The summed E-state index contributed by atoms with van der Waals surface area (Å²) < 4.78 is 6.84. The number of aliphatic hydroxyl groups excluding tert-OH is 1. The summed E-state index contributed by atoms with van der Waals surface area (Å²) in [4.78, 5) is 0. The zero-order valence-corrected chi connectivity index (χ0v) is 23.2. The molecule has 4 fully saturated rings. The van der Waals surface area contributed by atoms with Gasteiger partial charge in [-0.1, -0.05) is 46.8 Å². The first-order chi connectivity index (χ1) is 14.7. The second-order valence-corrected chi connectivity index (χ2v) is 19.0. The third-order valence-electron chi connectivity index (χ3n) is 12.1. The minimum absolute atomic E-state index is 0.171. The number of fused-ring (bicyclic) bond motifs is 3. The van der Waals surface area contributed by atoms with Crippen LogP contribution in [0, 0.1) is 33.5 Å². The van der Waals surface area contributed by atoms with Crippen molar-refractivity contribution in [2.24, 2.45) is 39.2 Å². The fourth-order valence-corrected chi connectivity index (χ4v) is 9.82. The molecule has 0 spiro atoms. The lowest BCUT2D eigenvalue weighted by Crippen LogP contribution is -2.53. The molecule has 0 aromatic heterocycles. The fraction of sp³-hybridized carbons (Fsp3) is 0.929. The normalized spacial score (nSPS) is 46.7. The molecule has 0 radical (unpaired) electrons. The average Bonchev–Trinajstić information content (AvgIpc) is 3.27. The molecule has 4 heteroatoms. The van der Waals surface area contributed by atoms with Crippen molar-refractivity contribution >= 4 is 8.32 Å². The summed E-state index contributed by atoms with van der Waals surface area (Å²) in [6.45, 7) is 23.0. The predicted octanol–water partition coefficient (Wildman–Crippen LogP) is 6.67. The Hall–Kier alpha value is -0.163. The first-order valence-corrected chi connectivity index (χ1v) is 16.3. The second kappa shape index (κ2) is 7.67. The lowest BCUT2D eigenvalue weighted by molar-refractivity contribution is -0.0966. The first-order valence-electron chi connectivity index (χ1n) is 13.4. The highest BCUT2D eigenvalue weighted by molar-refractivity contribution is 6.74. The molecule has 0 aromatic carbocycles. The SMILES string of the molecule is C=C1CC[C@H]2[C@@]3(CCN)C[C@]3([C@@]3(C)CC[C@H](O)C[C@@H]3CO[Si](C)(C)C(C)(C)C)CC[C@]12C. The Morgan fingerprint density at radius 2 is 1.84 bits per heavy atom. The molecule has 32 heavy (non-hydrogen) atoms. The van der Waals surface area contributed by atoms with Crippen LogP contribution in [0.15, 0.2) is 12.2 Å². The zero-order valence-electron chi connectivity index (χ0n) is 22.2. The van der Waals surface area contributed by atoms with Crippen molar-refractivity contribution in [2.75, 3.05) is 13.2 Å². The number of nitrogens with two attached hydrogens (primary N) is 1. The maximum atomic E-state index is 10.7. The molecule has 4 aliphatic carbocycles. The zero-order chi connectivity index (χ0) is 23.8. The number of hydrogen-bond acceptors (Lipinski definition) is 3. The largest absolute Gasteiger partial charge is 0.417 e. The third kappa shape index (κ3) is 3.29. The van der Waals surface area contributed by atoms with Crippen LogP contribution in [0.4, 0.5) is 0 Å². The van der Waals surface area contributed by atoms with Crippen LogP contribution in [-0.2, 0) is 4.43 Å². The van der Waals surface area contributed by atoms with Gasteiger partial charge in [0, 0.05) is 6.61 Å². The van der Waals surface area contributed by atoms with Crippen LogP contribution in [0.2, 0.25) is 18.1 Å². The van der Waals surface area contributed by atoms with Crippen LogP contribution < -0.4 is 5.73 Å². The van der Waals surface area contributed by atoms with Gasteiger partial charge in [0.05, 0.1) is 6.10 Å². The lowest BCUT2D eigenvalue weighted by atomic mass is 9.48. The van der Waals surface area contributed by atoms with Gasteiger partial charge in [0.1, 0.15) is 0 Å². The van der Waals surface area contributed by atoms with E-state index < -0.39 is 8.32 Å². The van der Waals surface area contributed by atoms with E-state index in [4.69, 9.17) is 10.2 Å². The molecule has 3 N–H and O–H groups in total. The van der Waals surface area contributed by atoms with Gasteiger partial charge in [0.25, 0.3) is 0 Å². The van der Waals surface area contributed by atoms with Crippen molar-refractivity contribution < 1.29 is 9.53 Å². The Morgan fingerprint density at radius 3 is 2.47 bits per heavy atom. The van der Waals surface area contributed by atoms with E-state index in [-0.39, 0.29) is 16.6 Å². The number of allylic oxidation sites excluding steroid dienone is 1. The van der Waals surface area contributed by atoms with E-state index >= 15 is 0 Å². The second-order valence-electron chi connectivity index (χ2n) is 14.2. The predicted molar refractivity (Wildman–Crippen MR) is 137 cm³/mol. The van der Waals surface area contributed by atoms with E-state index in [0.29, 0.717) is 22.2 Å². The molecule has 0 aliphatic heterocycles. The molecular formula is C28H51NO2Si. The summed E-state index contributed by atoms with van der Waals surface area (Å²) in [7, 11) is -1.82. The molecule has 0 heterocycles. The highest BCUT2D eigenvalue weighted by Crippen LogP contribution is 2.87. The van der Waals surface area contributed by atoms with Gasteiger partial charge in [-0.05, 0) is 116 Å². The molecule has 0 amide bonds. The number of rotatable bonds is 6. The summed E-state index contributed by atoms with van der Waals surface area (Å²) >= 11 is 0. The van der Waals surface area contributed by atoms with Crippen molar-refractivity contribution in [3.63, 3.8) is 0 Å². The van der Waals surface area contributed by atoms with Crippen molar-refractivity contribution in [3.8, 4) is 0 Å². The van der Waals surface area contributed by atoms with Crippen molar-refractivity contribution in [1.29, 1.82) is 0 Å². The number of aliphatic hydroxyl groups is 1. The van der Waals surface area contributed by atoms with Gasteiger partial charge >= 0.3 is 0 Å². The topological polar surface area (TPSA) is 55.5 Å². The van der Waals surface area contributed by atoms with Gasteiger partial charge in [-0.25, -0.2) is 0 Å². The van der Waals surface area contributed by atoms with E-state index in [1.807, 2.05) is 0 Å². The molecule has 4 aliphatic rings. The first kappa shape index (κ1) is 24.9. The standard InChI is InChI=1S/C28H51NO2Si/c1-20-9-10-23-25(20,5)13-14-28(19-27(23,28)15-16-29)26(6)12-11-22(30)17-21(26)18-31-32(7,8)24(2,3)4/h21-23,30H,1,9-19,29H2,2-8H3/t21-,22+,23-,25-,26+,27-,28+/m1/s1. The summed E-state index contributed by atoms with van der Waals surface area (Å²) in [5, 5.41) is 10.9. The molecule has 0 bridgehead atoms. The van der Waals surface area contributed by atoms with Crippen molar-refractivity contribution in [2.45, 2.75) is 117 Å². The van der Waals surface area contributed by atoms with Gasteiger partial charge in [-0.3, -0.25) is 0 Å². The van der Waals surface area contributed by atoms with E-state index in [0.717, 1.165) is 44.8 Å². The van der Waals surface area contributed by atoms with E-state index in [2.05, 4.69) is 54.3 Å². The average molecular weight is 462 g/mol. The Bertz CT molecular complexity index is 759. The molecule has 0 saturated heterocycles. The maximum absolute atomic E-state index is 10.7. The minimum atomic E-state index is -1.82. The van der Waals surface area contributed by atoms with Crippen LogP contribution >= 0.6 is 0 Å². The Kier molecular flexibility index (Phi) is 5.98. The molecule has 184 valence electrons. The van der Waals surface area contributed by atoms with E-state index in [9.17, 15) is 5.11 Å². The Labute approximate surface area is 199 Å². The smallest absolute Gasteiger partial charge is 0.191 e. The molecule has 4 rings (SSSR count). The van der Waals surface area contributed by atoms with Crippen LogP contribution in [0.5, 0.6) is 0 Å². The van der Waals surface area contributed by atoms with E-state index in [1.165, 1.54) is 37.7 Å². The molecule has 0 aromatic rings. The summed E-state index contributed by atoms with van der Waals surface area (Å²) in [6.07, 6.45) is 10.4. The quantitative estimate of drug-likeness (QED) is 0.343. The lowest BCUT2D eigenvalue weighted by Gasteiger charge is -2.57. The van der Waals surface area contributed by atoms with Crippen LogP contribution in [0.3, 0.4) is 0 Å². The Morgan fingerprint density at radius 1 is 1.16 bits per heavy atom. The molecule has 7 atom stereocenters. The minimum Gasteiger partial charge on any atom is -0.417 e. The van der Waals surface area contributed by atoms with Gasteiger partial charge in [0.15, 0.2) is 8.32 Å². The third-order valence-corrected chi connectivity index (χ3v) is 16.6. The van der Waals surface area contributed by atoms with Crippen molar-refractivity contribution in [3.05, 3.63) is 12.2 Å². The molecular weight excluding hydrogens is 410 g/mol. The fourth-order valence-electron chi connectivity index (χ4n) is 8.77. The van der Waals surface area contributed by atoms with Gasteiger partial charge in [-0.15, -0.1) is 0 Å². The highest BCUT2D eigenvalue weighted by atomic mass is 28.4. The molecule has 3 nitrogen and oxygen atoms in total. The molecule has 0 unspecified atom stereocenters. The summed E-state index contributed by atoms with van der Waals surface area (Å²) in [5.74, 6) is 1.18. The van der Waals surface area contributed by atoms with Crippen LogP contribution in [0.25, 0.3) is 0 Å². The number of hydrogen-bond donors (Lipinski definition) is 2. The summed E-state index contributed by atoms with van der Waals surface area (Å²) in [5.41, 5.74) is 9.09.